The summed E-state index contributed by atoms with van der Waals surface area (Å²) in [6, 6.07) is 14.1. The van der Waals surface area contributed by atoms with Crippen LogP contribution in [0, 0.1) is 0 Å². The molecule has 1 aliphatic rings. The Bertz CT molecular complexity index is 1110. The van der Waals surface area contributed by atoms with Gasteiger partial charge >= 0.3 is 0 Å². The van der Waals surface area contributed by atoms with Gasteiger partial charge in [-0.05, 0) is 30.3 Å². The highest BCUT2D eigenvalue weighted by molar-refractivity contribution is 7.99. The molecule has 9 heteroatoms. The van der Waals surface area contributed by atoms with E-state index >= 15 is 0 Å². The van der Waals surface area contributed by atoms with Gasteiger partial charge in [-0.1, -0.05) is 18.2 Å². The molecule has 1 aliphatic heterocycles. The molecule has 7 nitrogen and oxygen atoms in total. The zero-order valence-corrected chi connectivity index (χ0v) is 16.3. The molecule has 2 N–H and O–H groups in total. The first kappa shape index (κ1) is 18.7. The Morgan fingerprint density at radius 3 is 2.82 bits per heavy atom. The molecule has 0 saturated heterocycles. The number of amides is 1. The van der Waals surface area contributed by atoms with E-state index < -0.39 is 10.0 Å². The van der Waals surface area contributed by atoms with E-state index in [0.29, 0.717) is 29.4 Å². The van der Waals surface area contributed by atoms with Gasteiger partial charge in [-0.2, -0.15) is 0 Å². The van der Waals surface area contributed by atoms with Gasteiger partial charge in [0.05, 0.1) is 22.8 Å². The minimum absolute atomic E-state index is 0.00311. The lowest BCUT2D eigenvalue weighted by Crippen LogP contribution is -2.23. The van der Waals surface area contributed by atoms with Crippen LogP contribution in [0.1, 0.15) is 12.1 Å². The lowest BCUT2D eigenvalue weighted by Gasteiger charge is -2.10. The number of hydrogen-bond donors (Lipinski definition) is 2. The Hall–Kier alpha value is -2.62. The van der Waals surface area contributed by atoms with Crippen LogP contribution in [0.5, 0.6) is 0 Å². The van der Waals surface area contributed by atoms with E-state index in [0.717, 1.165) is 10.5 Å². The van der Waals surface area contributed by atoms with Gasteiger partial charge in [0.1, 0.15) is 6.26 Å². The maximum absolute atomic E-state index is 12.6. The second-order valence-electron chi connectivity index (χ2n) is 6.14. The van der Waals surface area contributed by atoms with Crippen LogP contribution in [0.15, 0.2) is 69.0 Å². The zero-order valence-electron chi connectivity index (χ0n) is 14.7. The Morgan fingerprint density at radius 2 is 2.00 bits per heavy atom. The van der Waals surface area contributed by atoms with E-state index in [2.05, 4.69) is 15.0 Å². The molecule has 1 aromatic heterocycles. The Balaban J connectivity index is 1.49. The molecule has 0 fully saturated rings. The predicted octanol–water partition coefficient (Wildman–Crippen LogP) is 3.25. The van der Waals surface area contributed by atoms with Gasteiger partial charge in [0.15, 0.2) is 0 Å². The van der Waals surface area contributed by atoms with Crippen LogP contribution in [-0.4, -0.2) is 25.1 Å². The average Bonchev–Trinajstić information content (AvgIpc) is 3.09. The van der Waals surface area contributed by atoms with Crippen LogP contribution < -0.4 is 10.0 Å². The quantitative estimate of drug-likeness (QED) is 0.663. The second kappa shape index (κ2) is 7.78. The first-order chi connectivity index (χ1) is 13.5. The number of rotatable bonds is 5. The number of oxazole rings is 1. The molecule has 0 radical (unpaired) electrons. The van der Waals surface area contributed by atoms with E-state index in [1.165, 1.54) is 30.2 Å². The smallest absolute Gasteiger partial charge is 0.241 e. The molecule has 1 amide bonds. The zero-order chi connectivity index (χ0) is 19.6. The van der Waals surface area contributed by atoms with Crippen molar-refractivity contribution < 1.29 is 17.6 Å². The number of thioether (sulfide) groups is 1. The van der Waals surface area contributed by atoms with E-state index in [1.807, 2.05) is 30.3 Å². The van der Waals surface area contributed by atoms with Crippen molar-refractivity contribution in [3.05, 3.63) is 60.5 Å². The van der Waals surface area contributed by atoms with Gasteiger partial charge in [0.2, 0.25) is 21.8 Å². The lowest BCUT2D eigenvalue weighted by atomic mass is 10.2. The van der Waals surface area contributed by atoms with E-state index in [4.69, 9.17) is 4.42 Å². The number of hydrogen-bond acceptors (Lipinski definition) is 6. The first-order valence-corrected chi connectivity index (χ1v) is 11.0. The maximum atomic E-state index is 12.6. The van der Waals surface area contributed by atoms with Crippen molar-refractivity contribution in [1.82, 2.24) is 9.71 Å². The molecule has 2 heterocycles. The molecule has 2 aromatic carbocycles. The highest BCUT2D eigenvalue weighted by atomic mass is 32.2. The van der Waals surface area contributed by atoms with Crippen molar-refractivity contribution in [2.24, 2.45) is 0 Å². The topological polar surface area (TPSA) is 101 Å². The molecule has 0 atom stereocenters. The summed E-state index contributed by atoms with van der Waals surface area (Å²) in [6.07, 6.45) is 1.83. The van der Waals surface area contributed by atoms with E-state index in [-0.39, 0.29) is 17.3 Å². The van der Waals surface area contributed by atoms with Crippen LogP contribution in [0.4, 0.5) is 5.69 Å². The number of sulfonamides is 1. The molecular formula is C19H17N3O4S2. The number of fused-ring (bicyclic) bond motifs is 1. The van der Waals surface area contributed by atoms with Crippen molar-refractivity contribution in [3.8, 4) is 11.5 Å². The van der Waals surface area contributed by atoms with Gasteiger partial charge in [0.25, 0.3) is 0 Å². The second-order valence-corrected chi connectivity index (χ2v) is 9.04. The number of aromatic nitrogens is 1. The van der Waals surface area contributed by atoms with Crippen LogP contribution in [0.2, 0.25) is 0 Å². The largest absolute Gasteiger partial charge is 0.444 e. The number of nitrogens with one attached hydrogen (secondary N) is 2. The molecule has 0 unspecified atom stereocenters. The summed E-state index contributed by atoms with van der Waals surface area (Å²) in [7, 11) is -3.77. The maximum Gasteiger partial charge on any atom is 0.241 e. The van der Waals surface area contributed by atoms with Crippen molar-refractivity contribution in [2.75, 3.05) is 11.1 Å². The van der Waals surface area contributed by atoms with Gasteiger partial charge < -0.3 is 9.73 Å². The number of anilines is 1. The molecule has 0 spiro atoms. The van der Waals surface area contributed by atoms with Crippen molar-refractivity contribution in [2.45, 2.75) is 22.8 Å². The Labute approximate surface area is 166 Å². The first-order valence-electron chi connectivity index (χ1n) is 8.57. The Morgan fingerprint density at radius 1 is 1.18 bits per heavy atom. The van der Waals surface area contributed by atoms with E-state index in [1.54, 1.807) is 6.07 Å². The third kappa shape index (κ3) is 4.11. The van der Waals surface area contributed by atoms with Crippen LogP contribution >= 0.6 is 11.8 Å². The average molecular weight is 415 g/mol. The minimum Gasteiger partial charge on any atom is -0.444 e. The summed E-state index contributed by atoms with van der Waals surface area (Å²) in [5.74, 6) is 0.975. The van der Waals surface area contributed by atoms with Crippen LogP contribution in [-0.2, 0) is 21.4 Å². The van der Waals surface area contributed by atoms with Crippen molar-refractivity contribution in [3.63, 3.8) is 0 Å². The number of carbonyl (C=O) groups is 1. The fraction of sp³-hybridized carbons (Fsp3) is 0.158. The third-order valence-corrected chi connectivity index (χ3v) is 6.61. The molecule has 0 bridgehead atoms. The van der Waals surface area contributed by atoms with Gasteiger partial charge in [0, 0.05) is 22.6 Å². The van der Waals surface area contributed by atoms with Crippen molar-refractivity contribution in [1.29, 1.82) is 0 Å². The molecule has 144 valence electrons. The fourth-order valence-electron chi connectivity index (χ4n) is 2.72. The van der Waals surface area contributed by atoms with Crippen LogP contribution in [0.25, 0.3) is 11.5 Å². The van der Waals surface area contributed by atoms with Gasteiger partial charge in [-0.15, -0.1) is 11.8 Å². The van der Waals surface area contributed by atoms with Gasteiger partial charge in [-0.25, -0.2) is 18.1 Å². The van der Waals surface area contributed by atoms with E-state index in [9.17, 15) is 13.2 Å². The fourth-order valence-corrected chi connectivity index (χ4v) is 4.68. The molecule has 0 saturated carbocycles. The minimum atomic E-state index is -3.77. The predicted molar refractivity (Wildman–Crippen MR) is 106 cm³/mol. The molecule has 4 rings (SSSR count). The lowest BCUT2D eigenvalue weighted by molar-refractivity contribution is -0.115. The summed E-state index contributed by atoms with van der Waals surface area (Å²) in [5.41, 5.74) is 1.81. The summed E-state index contributed by atoms with van der Waals surface area (Å²) in [5, 5.41) is 2.75. The van der Waals surface area contributed by atoms with Crippen molar-refractivity contribution >= 4 is 33.4 Å². The summed E-state index contributed by atoms with van der Waals surface area (Å²) in [6.45, 7) is -0.00311. The number of benzene rings is 2. The van der Waals surface area contributed by atoms with Crippen LogP contribution in [0.3, 0.4) is 0 Å². The van der Waals surface area contributed by atoms with Gasteiger partial charge in [-0.3, -0.25) is 4.79 Å². The number of nitrogens with zero attached hydrogens (tertiary/aromatic N) is 1. The SMILES string of the molecule is O=C1CCSc2ccc(S(=O)(=O)NCc3coc(-c4ccccc4)n3)cc2N1. The summed E-state index contributed by atoms with van der Waals surface area (Å²) < 4.78 is 33.2. The summed E-state index contributed by atoms with van der Waals surface area (Å²) >= 11 is 1.52. The normalized spacial score (nSPS) is 14.2. The molecular weight excluding hydrogens is 398 g/mol. The highest BCUT2D eigenvalue weighted by Crippen LogP contribution is 2.32. The molecule has 3 aromatic rings. The number of carbonyl (C=O) groups excluding carboxylic acids is 1. The highest BCUT2D eigenvalue weighted by Gasteiger charge is 2.20. The molecule has 28 heavy (non-hydrogen) atoms. The summed E-state index contributed by atoms with van der Waals surface area (Å²) in [4.78, 5) is 17.0. The molecule has 0 aliphatic carbocycles. The standard InChI is InChI=1S/C19H17N3O4S2/c23-18-8-9-27-17-7-6-15(10-16(17)22-18)28(24,25)20-11-14-12-26-19(21-14)13-4-2-1-3-5-13/h1-7,10,12,20H,8-9,11H2,(H,22,23). The Kier molecular flexibility index (Phi) is 5.21. The third-order valence-electron chi connectivity index (χ3n) is 4.14. The monoisotopic (exact) mass is 415 g/mol.